The molecule has 0 fully saturated rings. The zero-order valence-electron chi connectivity index (χ0n) is 11.3. The number of anilines is 1. The third-order valence-electron chi connectivity index (χ3n) is 3.14. The van der Waals surface area contributed by atoms with Crippen LogP contribution in [0.3, 0.4) is 0 Å². The Labute approximate surface area is 122 Å². The van der Waals surface area contributed by atoms with Crippen molar-refractivity contribution in [2.75, 3.05) is 11.9 Å². The lowest BCUT2D eigenvalue weighted by atomic mass is 10.2. The lowest BCUT2D eigenvalue weighted by molar-refractivity contribution is 0.368. The standard InChI is InChI=1S/C16H14N4O/c17-6-7-21-15-3-1-2-12(8-15)10-18-14-5-4-13-11-19-20-16(13)9-14/h1-5,8-9,11,18H,7,10H2,(H,19,20). The van der Waals surface area contributed by atoms with E-state index >= 15 is 0 Å². The number of nitrogens with one attached hydrogen (secondary N) is 2. The van der Waals surface area contributed by atoms with Crippen LogP contribution in [-0.4, -0.2) is 16.8 Å². The zero-order valence-corrected chi connectivity index (χ0v) is 11.3. The first-order valence-corrected chi connectivity index (χ1v) is 6.61. The Morgan fingerprint density at radius 2 is 2.19 bits per heavy atom. The first-order chi connectivity index (χ1) is 10.3. The topological polar surface area (TPSA) is 73.7 Å². The summed E-state index contributed by atoms with van der Waals surface area (Å²) in [4.78, 5) is 0. The number of hydrogen-bond acceptors (Lipinski definition) is 4. The molecular weight excluding hydrogens is 264 g/mol. The Kier molecular flexibility index (Phi) is 3.70. The van der Waals surface area contributed by atoms with Gasteiger partial charge in [-0.05, 0) is 35.9 Å². The molecule has 0 aliphatic heterocycles. The summed E-state index contributed by atoms with van der Waals surface area (Å²) in [6, 6.07) is 15.7. The van der Waals surface area contributed by atoms with Gasteiger partial charge >= 0.3 is 0 Å². The van der Waals surface area contributed by atoms with E-state index in [4.69, 9.17) is 10.00 Å². The van der Waals surface area contributed by atoms with Gasteiger partial charge in [0.15, 0.2) is 6.61 Å². The Balaban J connectivity index is 1.67. The summed E-state index contributed by atoms with van der Waals surface area (Å²) >= 11 is 0. The second-order valence-electron chi connectivity index (χ2n) is 4.62. The molecule has 0 atom stereocenters. The van der Waals surface area contributed by atoms with Crippen molar-refractivity contribution >= 4 is 16.6 Å². The lowest BCUT2D eigenvalue weighted by Gasteiger charge is -2.08. The number of aromatic amines is 1. The van der Waals surface area contributed by atoms with Gasteiger partial charge in [0.1, 0.15) is 11.8 Å². The number of nitrogens with zero attached hydrogens (tertiary/aromatic N) is 2. The third kappa shape index (κ3) is 3.12. The van der Waals surface area contributed by atoms with Crippen molar-refractivity contribution in [1.29, 1.82) is 5.26 Å². The van der Waals surface area contributed by atoms with E-state index in [9.17, 15) is 0 Å². The number of rotatable bonds is 5. The second kappa shape index (κ2) is 5.97. The quantitative estimate of drug-likeness (QED) is 0.752. The summed E-state index contributed by atoms with van der Waals surface area (Å²) in [7, 11) is 0. The van der Waals surface area contributed by atoms with E-state index in [0.29, 0.717) is 12.3 Å². The first kappa shape index (κ1) is 13.0. The van der Waals surface area contributed by atoms with Gasteiger partial charge in [0.2, 0.25) is 0 Å². The molecule has 1 heterocycles. The molecule has 0 saturated carbocycles. The van der Waals surface area contributed by atoms with Gasteiger partial charge in [0.05, 0.1) is 11.7 Å². The minimum atomic E-state index is 0.0629. The highest BCUT2D eigenvalue weighted by Crippen LogP contribution is 2.18. The van der Waals surface area contributed by atoms with E-state index in [1.807, 2.05) is 48.5 Å². The monoisotopic (exact) mass is 278 g/mol. The molecule has 1 aromatic heterocycles. The summed E-state index contributed by atoms with van der Waals surface area (Å²) in [5.41, 5.74) is 3.12. The van der Waals surface area contributed by atoms with Crippen LogP contribution in [0.5, 0.6) is 5.75 Å². The van der Waals surface area contributed by atoms with Gasteiger partial charge in [-0.25, -0.2) is 0 Å². The maximum absolute atomic E-state index is 8.52. The third-order valence-corrected chi connectivity index (χ3v) is 3.14. The number of ether oxygens (including phenoxy) is 1. The molecule has 104 valence electrons. The highest BCUT2D eigenvalue weighted by molar-refractivity contribution is 5.81. The molecule has 5 nitrogen and oxygen atoms in total. The maximum atomic E-state index is 8.52. The molecule has 3 rings (SSSR count). The van der Waals surface area contributed by atoms with Crippen LogP contribution in [0.2, 0.25) is 0 Å². The van der Waals surface area contributed by atoms with E-state index in [1.165, 1.54) is 0 Å². The van der Waals surface area contributed by atoms with Gasteiger partial charge in [0, 0.05) is 17.6 Å². The van der Waals surface area contributed by atoms with Crippen LogP contribution in [0.4, 0.5) is 5.69 Å². The molecule has 3 aromatic rings. The van der Waals surface area contributed by atoms with Crippen molar-refractivity contribution in [2.45, 2.75) is 6.54 Å². The largest absolute Gasteiger partial charge is 0.479 e. The van der Waals surface area contributed by atoms with E-state index in [1.54, 1.807) is 6.20 Å². The average molecular weight is 278 g/mol. The fourth-order valence-electron chi connectivity index (χ4n) is 2.11. The number of aromatic nitrogens is 2. The zero-order chi connectivity index (χ0) is 14.5. The molecule has 0 aliphatic rings. The van der Waals surface area contributed by atoms with Crippen LogP contribution in [0.25, 0.3) is 10.9 Å². The van der Waals surface area contributed by atoms with Crippen LogP contribution in [0, 0.1) is 11.3 Å². The molecule has 0 aliphatic carbocycles. The van der Waals surface area contributed by atoms with Crippen molar-refractivity contribution in [2.24, 2.45) is 0 Å². The molecule has 2 N–H and O–H groups in total. The van der Waals surface area contributed by atoms with Crippen molar-refractivity contribution < 1.29 is 4.74 Å². The lowest BCUT2D eigenvalue weighted by Crippen LogP contribution is -2.00. The van der Waals surface area contributed by atoms with Crippen LogP contribution in [0.15, 0.2) is 48.7 Å². The van der Waals surface area contributed by atoms with E-state index in [0.717, 1.165) is 22.2 Å². The van der Waals surface area contributed by atoms with Gasteiger partial charge in [0.25, 0.3) is 0 Å². The Morgan fingerprint density at radius 3 is 3.10 bits per heavy atom. The predicted molar refractivity (Wildman–Crippen MR) is 81.0 cm³/mol. The Hall–Kier alpha value is -3.00. The summed E-state index contributed by atoms with van der Waals surface area (Å²) in [6.45, 7) is 0.747. The molecule has 21 heavy (non-hydrogen) atoms. The van der Waals surface area contributed by atoms with Crippen LogP contribution in [-0.2, 0) is 6.54 Å². The second-order valence-corrected chi connectivity index (χ2v) is 4.62. The highest BCUT2D eigenvalue weighted by Gasteiger charge is 2.00. The van der Waals surface area contributed by atoms with Gasteiger partial charge in [-0.1, -0.05) is 12.1 Å². The summed E-state index contributed by atoms with van der Waals surface area (Å²) in [5.74, 6) is 0.708. The van der Waals surface area contributed by atoms with Crippen LogP contribution in [0.1, 0.15) is 5.56 Å². The number of hydrogen-bond donors (Lipinski definition) is 2. The minimum Gasteiger partial charge on any atom is -0.479 e. The first-order valence-electron chi connectivity index (χ1n) is 6.61. The summed E-state index contributed by atoms with van der Waals surface area (Å²) in [6.07, 6.45) is 1.80. The van der Waals surface area contributed by atoms with Gasteiger partial charge < -0.3 is 10.1 Å². The number of H-pyrrole nitrogens is 1. The molecule has 0 radical (unpaired) electrons. The van der Waals surface area contributed by atoms with Crippen molar-refractivity contribution in [1.82, 2.24) is 10.2 Å². The van der Waals surface area contributed by atoms with Crippen LogP contribution < -0.4 is 10.1 Å². The number of fused-ring (bicyclic) bond motifs is 1. The number of nitriles is 1. The fourth-order valence-corrected chi connectivity index (χ4v) is 2.11. The minimum absolute atomic E-state index is 0.0629. The number of benzene rings is 2. The molecule has 0 spiro atoms. The molecule has 5 heteroatoms. The average Bonchev–Trinajstić information content (AvgIpc) is 2.99. The predicted octanol–water partition coefficient (Wildman–Crippen LogP) is 3.08. The van der Waals surface area contributed by atoms with E-state index in [2.05, 4.69) is 15.5 Å². The molecule has 0 saturated heterocycles. The molecule has 0 unspecified atom stereocenters. The van der Waals surface area contributed by atoms with Gasteiger partial charge in [-0.3, -0.25) is 5.10 Å². The normalized spacial score (nSPS) is 10.2. The summed E-state index contributed by atoms with van der Waals surface area (Å²) < 4.78 is 5.29. The van der Waals surface area contributed by atoms with E-state index < -0.39 is 0 Å². The van der Waals surface area contributed by atoms with Gasteiger partial charge in [-0.15, -0.1) is 0 Å². The van der Waals surface area contributed by atoms with Crippen molar-refractivity contribution in [3.05, 3.63) is 54.2 Å². The molecule has 0 amide bonds. The molecular formula is C16H14N4O. The summed E-state index contributed by atoms with van der Waals surface area (Å²) in [5, 5.41) is 19.9. The van der Waals surface area contributed by atoms with Crippen LogP contribution >= 0.6 is 0 Å². The smallest absolute Gasteiger partial charge is 0.174 e. The fraction of sp³-hybridized carbons (Fsp3) is 0.125. The van der Waals surface area contributed by atoms with E-state index in [-0.39, 0.29) is 6.61 Å². The molecule has 0 bridgehead atoms. The molecule has 2 aromatic carbocycles. The van der Waals surface area contributed by atoms with Crippen molar-refractivity contribution in [3.63, 3.8) is 0 Å². The highest BCUT2D eigenvalue weighted by atomic mass is 16.5. The maximum Gasteiger partial charge on any atom is 0.174 e. The van der Waals surface area contributed by atoms with Gasteiger partial charge in [-0.2, -0.15) is 10.4 Å². The van der Waals surface area contributed by atoms with Crippen molar-refractivity contribution in [3.8, 4) is 11.8 Å². The SMILES string of the molecule is N#CCOc1cccc(CNc2ccc3cn[nH]c3c2)c1. The Morgan fingerprint density at radius 1 is 1.24 bits per heavy atom. The Bertz CT molecular complexity index is 788.